The summed E-state index contributed by atoms with van der Waals surface area (Å²) in [5.41, 5.74) is 5.53. The van der Waals surface area contributed by atoms with Crippen molar-refractivity contribution in [1.82, 2.24) is 25.2 Å². The number of nitrogens with one attached hydrogen (secondary N) is 1. The Kier molecular flexibility index (Phi) is 6.32. The molecule has 0 unspecified atom stereocenters. The molecule has 7 nitrogen and oxygen atoms in total. The Bertz CT molecular complexity index is 921. The van der Waals surface area contributed by atoms with Crippen LogP contribution in [0.4, 0.5) is 0 Å². The lowest BCUT2D eigenvalue weighted by Gasteiger charge is -2.07. The normalized spacial score (nSPS) is 11.0. The van der Waals surface area contributed by atoms with Crippen LogP contribution in [0.25, 0.3) is 11.4 Å². The van der Waals surface area contributed by atoms with Crippen molar-refractivity contribution in [3.63, 3.8) is 0 Å². The van der Waals surface area contributed by atoms with Gasteiger partial charge >= 0.3 is 0 Å². The number of hydrogen-bond donors (Lipinski definition) is 1. The fraction of sp³-hybridized carbons (Fsp3) is 0.211. The lowest BCUT2D eigenvalue weighted by molar-refractivity contribution is -0.118. The maximum Gasteiger partial charge on any atom is 0.250 e. The molecule has 0 atom stereocenters. The smallest absolute Gasteiger partial charge is 0.250 e. The van der Waals surface area contributed by atoms with Gasteiger partial charge in [-0.2, -0.15) is 5.10 Å². The molecule has 2 aromatic heterocycles. The topological polar surface area (TPSA) is 85.1 Å². The van der Waals surface area contributed by atoms with E-state index in [0.717, 1.165) is 23.5 Å². The number of nitrogens with zero attached hydrogens (tertiary/aromatic N) is 5. The minimum Gasteiger partial charge on any atom is -0.302 e. The van der Waals surface area contributed by atoms with Crippen LogP contribution in [0, 0.1) is 6.92 Å². The summed E-state index contributed by atoms with van der Waals surface area (Å²) >= 11 is 1.34. The van der Waals surface area contributed by atoms with Gasteiger partial charge in [-0.1, -0.05) is 47.7 Å². The maximum absolute atomic E-state index is 12.0. The van der Waals surface area contributed by atoms with Crippen LogP contribution in [0.3, 0.4) is 0 Å². The van der Waals surface area contributed by atoms with E-state index in [4.69, 9.17) is 0 Å². The molecule has 0 aliphatic carbocycles. The summed E-state index contributed by atoms with van der Waals surface area (Å²) in [6.07, 6.45) is 4.90. The summed E-state index contributed by atoms with van der Waals surface area (Å²) in [6, 6.07) is 11.8. The summed E-state index contributed by atoms with van der Waals surface area (Å²) in [5, 5.41) is 13.2. The minimum absolute atomic E-state index is 0.205. The van der Waals surface area contributed by atoms with Gasteiger partial charge in [-0.05, 0) is 19.9 Å². The van der Waals surface area contributed by atoms with Gasteiger partial charge in [0.25, 0.3) is 5.91 Å². The van der Waals surface area contributed by atoms with Crippen molar-refractivity contribution in [3.05, 3.63) is 59.9 Å². The van der Waals surface area contributed by atoms with E-state index in [1.54, 1.807) is 18.6 Å². The molecule has 0 bridgehead atoms. The number of carbonyl (C=O) groups excluding carboxylic acids is 1. The van der Waals surface area contributed by atoms with Crippen molar-refractivity contribution in [2.75, 3.05) is 5.75 Å². The Morgan fingerprint density at radius 1 is 1.26 bits per heavy atom. The zero-order valence-corrected chi connectivity index (χ0v) is 16.0. The Labute approximate surface area is 161 Å². The highest BCUT2D eigenvalue weighted by atomic mass is 32.2. The van der Waals surface area contributed by atoms with Crippen molar-refractivity contribution in [2.45, 2.75) is 25.5 Å². The van der Waals surface area contributed by atoms with E-state index in [1.807, 2.05) is 54.8 Å². The zero-order valence-electron chi connectivity index (χ0n) is 15.2. The SMILES string of the molecule is CCn1c(SCC(=O)N/N=C\c2cccnc2)nnc1-c1ccc(C)cc1. The highest BCUT2D eigenvalue weighted by molar-refractivity contribution is 7.99. The fourth-order valence-corrected chi connectivity index (χ4v) is 3.18. The van der Waals surface area contributed by atoms with Crippen LogP contribution in [0.2, 0.25) is 0 Å². The van der Waals surface area contributed by atoms with Gasteiger partial charge in [0.05, 0.1) is 12.0 Å². The average Bonchev–Trinajstić information content (AvgIpc) is 3.10. The molecule has 138 valence electrons. The Morgan fingerprint density at radius 2 is 2.07 bits per heavy atom. The number of hydrogen-bond acceptors (Lipinski definition) is 6. The van der Waals surface area contributed by atoms with Gasteiger partial charge in [0.15, 0.2) is 11.0 Å². The minimum atomic E-state index is -0.206. The predicted molar refractivity (Wildman–Crippen MR) is 107 cm³/mol. The first-order chi connectivity index (χ1) is 13.2. The molecule has 2 heterocycles. The second-order valence-electron chi connectivity index (χ2n) is 5.78. The molecule has 1 amide bonds. The standard InChI is InChI=1S/C19H20N6OS/c1-3-25-18(16-8-6-14(2)7-9-16)23-24-19(25)27-13-17(26)22-21-12-15-5-4-10-20-11-15/h4-12H,3,13H2,1-2H3,(H,22,26)/b21-12-. The predicted octanol–water partition coefficient (Wildman–Crippen LogP) is 2.91. The fourth-order valence-electron chi connectivity index (χ4n) is 2.39. The number of aryl methyl sites for hydroxylation is 1. The number of hydrazone groups is 1. The van der Waals surface area contributed by atoms with E-state index in [-0.39, 0.29) is 11.7 Å². The first-order valence-corrected chi connectivity index (χ1v) is 9.51. The van der Waals surface area contributed by atoms with E-state index < -0.39 is 0 Å². The van der Waals surface area contributed by atoms with Gasteiger partial charge in [-0.3, -0.25) is 9.78 Å². The quantitative estimate of drug-likeness (QED) is 0.387. The van der Waals surface area contributed by atoms with Crippen molar-refractivity contribution in [1.29, 1.82) is 0 Å². The summed E-state index contributed by atoms with van der Waals surface area (Å²) in [5.74, 6) is 0.800. The largest absolute Gasteiger partial charge is 0.302 e. The van der Waals surface area contributed by atoms with Gasteiger partial charge in [0.2, 0.25) is 0 Å². The summed E-state index contributed by atoms with van der Waals surface area (Å²) in [4.78, 5) is 16.0. The number of thioether (sulfide) groups is 1. The van der Waals surface area contributed by atoms with Crippen molar-refractivity contribution >= 4 is 23.9 Å². The highest BCUT2D eigenvalue weighted by Crippen LogP contribution is 2.24. The molecule has 3 aromatic rings. The molecule has 0 spiro atoms. The molecular weight excluding hydrogens is 360 g/mol. The summed E-state index contributed by atoms with van der Waals surface area (Å²) in [7, 11) is 0. The van der Waals surface area contributed by atoms with E-state index in [0.29, 0.717) is 5.16 Å². The molecule has 1 N–H and O–H groups in total. The molecule has 0 radical (unpaired) electrons. The monoisotopic (exact) mass is 380 g/mol. The molecule has 3 rings (SSSR count). The average molecular weight is 380 g/mol. The van der Waals surface area contributed by atoms with Crippen LogP contribution >= 0.6 is 11.8 Å². The lowest BCUT2D eigenvalue weighted by Crippen LogP contribution is -2.20. The number of carbonyl (C=O) groups is 1. The first-order valence-electron chi connectivity index (χ1n) is 8.52. The Hall–Kier alpha value is -3.00. The number of amides is 1. The molecule has 27 heavy (non-hydrogen) atoms. The third-order valence-electron chi connectivity index (χ3n) is 3.76. The van der Waals surface area contributed by atoms with E-state index in [9.17, 15) is 4.79 Å². The van der Waals surface area contributed by atoms with Crippen LogP contribution in [0.1, 0.15) is 18.1 Å². The van der Waals surface area contributed by atoms with Gasteiger partial charge in [0.1, 0.15) is 0 Å². The molecular formula is C19H20N6OS. The van der Waals surface area contributed by atoms with Crippen molar-refractivity contribution in [2.24, 2.45) is 5.10 Å². The molecule has 1 aromatic carbocycles. The van der Waals surface area contributed by atoms with Crippen LogP contribution in [-0.2, 0) is 11.3 Å². The number of rotatable bonds is 7. The second kappa shape index (κ2) is 9.09. The first kappa shape index (κ1) is 18.8. The number of pyridine rings is 1. The highest BCUT2D eigenvalue weighted by Gasteiger charge is 2.14. The summed E-state index contributed by atoms with van der Waals surface area (Å²) in [6.45, 7) is 4.80. The lowest BCUT2D eigenvalue weighted by atomic mass is 10.1. The zero-order chi connectivity index (χ0) is 19.1. The molecule has 8 heteroatoms. The van der Waals surface area contributed by atoms with Gasteiger partial charge < -0.3 is 4.57 Å². The van der Waals surface area contributed by atoms with Crippen molar-refractivity contribution < 1.29 is 4.79 Å². The molecule has 0 aliphatic rings. The number of benzene rings is 1. The molecule has 0 saturated carbocycles. The molecule has 0 aliphatic heterocycles. The maximum atomic E-state index is 12.0. The second-order valence-corrected chi connectivity index (χ2v) is 6.73. The van der Waals surface area contributed by atoms with Crippen LogP contribution < -0.4 is 5.43 Å². The van der Waals surface area contributed by atoms with Gasteiger partial charge in [-0.15, -0.1) is 10.2 Å². The number of aromatic nitrogens is 4. The van der Waals surface area contributed by atoms with Gasteiger partial charge in [0, 0.05) is 30.1 Å². The van der Waals surface area contributed by atoms with E-state index >= 15 is 0 Å². The molecule has 0 saturated heterocycles. The Morgan fingerprint density at radius 3 is 2.78 bits per heavy atom. The third kappa shape index (κ3) is 5.01. The van der Waals surface area contributed by atoms with Crippen molar-refractivity contribution in [3.8, 4) is 11.4 Å². The molecule has 0 fully saturated rings. The van der Waals surface area contributed by atoms with E-state index in [1.165, 1.54) is 17.3 Å². The van der Waals surface area contributed by atoms with E-state index in [2.05, 4.69) is 25.7 Å². The van der Waals surface area contributed by atoms with Crippen LogP contribution in [0.5, 0.6) is 0 Å². The summed E-state index contributed by atoms with van der Waals surface area (Å²) < 4.78 is 2.00. The van der Waals surface area contributed by atoms with Gasteiger partial charge in [-0.25, -0.2) is 5.43 Å². The Balaban J connectivity index is 1.60. The van der Waals surface area contributed by atoms with Crippen LogP contribution in [-0.4, -0.2) is 37.6 Å². The van der Waals surface area contributed by atoms with Crippen LogP contribution in [0.15, 0.2) is 59.0 Å². The third-order valence-corrected chi connectivity index (χ3v) is 4.73.